The minimum atomic E-state index is -1.02. The molecule has 0 fully saturated rings. The van der Waals surface area contributed by atoms with Crippen molar-refractivity contribution in [2.45, 2.75) is 26.1 Å². The molecule has 6 heteroatoms. The molecule has 25 heavy (non-hydrogen) atoms. The molecular weight excluding hydrogens is 325 g/mol. The van der Waals surface area contributed by atoms with E-state index in [4.69, 9.17) is 14.7 Å². The van der Waals surface area contributed by atoms with Gasteiger partial charge in [-0.2, -0.15) is 5.26 Å². The van der Waals surface area contributed by atoms with Gasteiger partial charge in [-0.05, 0) is 62.4 Å². The van der Waals surface area contributed by atoms with Gasteiger partial charge in [-0.25, -0.2) is 9.18 Å². The van der Waals surface area contributed by atoms with E-state index in [0.717, 1.165) is 0 Å². The molecule has 2 rings (SSSR count). The van der Waals surface area contributed by atoms with Gasteiger partial charge >= 0.3 is 5.97 Å². The second kappa shape index (κ2) is 8.06. The van der Waals surface area contributed by atoms with E-state index in [-0.39, 0.29) is 5.56 Å². The number of nitrogens with zero attached hydrogens (tertiary/aromatic N) is 1. The summed E-state index contributed by atoms with van der Waals surface area (Å²) in [5.74, 6) is -1.18. The van der Waals surface area contributed by atoms with Crippen LogP contribution in [0, 0.1) is 17.1 Å². The van der Waals surface area contributed by atoms with Gasteiger partial charge in [0.25, 0.3) is 0 Å². The van der Waals surface area contributed by atoms with Crippen LogP contribution in [-0.4, -0.2) is 24.0 Å². The van der Waals surface area contributed by atoms with Crippen LogP contribution in [0.4, 0.5) is 4.39 Å². The number of nitriles is 1. The maximum Gasteiger partial charge on any atom is 0.347 e. The fourth-order valence-corrected chi connectivity index (χ4v) is 2.03. The third-order valence-corrected chi connectivity index (χ3v) is 3.42. The van der Waals surface area contributed by atoms with Crippen LogP contribution in [-0.2, 0) is 9.53 Å². The van der Waals surface area contributed by atoms with Gasteiger partial charge in [0, 0.05) is 5.56 Å². The highest BCUT2D eigenvalue weighted by molar-refractivity contribution is 6.00. The number of Topliss-reactive ketones (excluding diaryl/α,β-unsaturated/α-hetero) is 1. The van der Waals surface area contributed by atoms with Gasteiger partial charge in [0.2, 0.25) is 5.78 Å². The second-order valence-corrected chi connectivity index (χ2v) is 5.35. The molecule has 0 unspecified atom stereocenters. The maximum atomic E-state index is 12.9. The summed E-state index contributed by atoms with van der Waals surface area (Å²) in [4.78, 5) is 24.2. The topological polar surface area (TPSA) is 76.4 Å². The molecule has 0 bridgehead atoms. The molecule has 2 aromatic carbocycles. The van der Waals surface area contributed by atoms with Gasteiger partial charge in [-0.3, -0.25) is 4.79 Å². The SMILES string of the molecule is C[C@@H](Oc1ccc(C#N)cc1)C(=O)O[C@H](C)C(=O)c1ccc(F)cc1. The normalized spacial score (nSPS) is 12.6. The van der Waals surface area contributed by atoms with Crippen molar-refractivity contribution in [2.75, 3.05) is 0 Å². The van der Waals surface area contributed by atoms with Crippen LogP contribution in [0.3, 0.4) is 0 Å². The third kappa shape index (κ3) is 4.88. The van der Waals surface area contributed by atoms with Crippen LogP contribution in [0.5, 0.6) is 5.75 Å². The Morgan fingerprint density at radius 3 is 2.16 bits per heavy atom. The van der Waals surface area contributed by atoms with Crippen LogP contribution in [0.2, 0.25) is 0 Å². The van der Waals surface area contributed by atoms with E-state index in [9.17, 15) is 14.0 Å². The van der Waals surface area contributed by atoms with Crippen LogP contribution in [0.25, 0.3) is 0 Å². The lowest BCUT2D eigenvalue weighted by Gasteiger charge is -2.17. The molecule has 5 nitrogen and oxygen atoms in total. The number of ether oxygens (including phenoxy) is 2. The predicted octanol–water partition coefficient (Wildman–Crippen LogP) is 3.28. The van der Waals surface area contributed by atoms with Gasteiger partial charge in [0.1, 0.15) is 11.6 Å². The fraction of sp³-hybridized carbons (Fsp3) is 0.211. The van der Waals surface area contributed by atoms with Crippen molar-refractivity contribution in [3.05, 3.63) is 65.5 Å². The highest BCUT2D eigenvalue weighted by Crippen LogP contribution is 2.15. The van der Waals surface area contributed by atoms with Crippen molar-refractivity contribution in [3.8, 4) is 11.8 Å². The smallest absolute Gasteiger partial charge is 0.347 e. The van der Waals surface area contributed by atoms with Crippen molar-refractivity contribution < 1.29 is 23.5 Å². The molecule has 0 heterocycles. The number of esters is 1. The average Bonchev–Trinajstić information content (AvgIpc) is 2.62. The highest BCUT2D eigenvalue weighted by atomic mass is 19.1. The van der Waals surface area contributed by atoms with Crippen molar-refractivity contribution in [1.29, 1.82) is 5.26 Å². The second-order valence-electron chi connectivity index (χ2n) is 5.35. The maximum absolute atomic E-state index is 12.9. The zero-order chi connectivity index (χ0) is 18.4. The number of ketones is 1. The van der Waals surface area contributed by atoms with Crippen LogP contribution >= 0.6 is 0 Å². The Morgan fingerprint density at radius 1 is 1.00 bits per heavy atom. The Labute approximate surface area is 144 Å². The van der Waals surface area contributed by atoms with Crippen LogP contribution in [0.15, 0.2) is 48.5 Å². The molecule has 128 valence electrons. The summed E-state index contributed by atoms with van der Waals surface area (Å²) in [5.41, 5.74) is 0.725. The van der Waals surface area contributed by atoms with Crippen LogP contribution in [0.1, 0.15) is 29.8 Å². The van der Waals surface area contributed by atoms with Gasteiger partial charge in [0.15, 0.2) is 12.2 Å². The first-order valence-corrected chi connectivity index (χ1v) is 7.58. The molecule has 0 aliphatic carbocycles. The van der Waals surface area contributed by atoms with E-state index >= 15 is 0 Å². The Hall–Kier alpha value is -3.20. The minimum absolute atomic E-state index is 0.252. The average molecular weight is 341 g/mol. The van der Waals surface area contributed by atoms with E-state index in [1.807, 2.05) is 6.07 Å². The van der Waals surface area contributed by atoms with E-state index in [1.165, 1.54) is 38.1 Å². The predicted molar refractivity (Wildman–Crippen MR) is 87.5 cm³/mol. The Morgan fingerprint density at radius 2 is 1.60 bits per heavy atom. The first kappa shape index (κ1) is 18.1. The largest absolute Gasteiger partial charge is 0.479 e. The fourth-order valence-electron chi connectivity index (χ4n) is 2.03. The molecule has 0 saturated carbocycles. The van der Waals surface area contributed by atoms with E-state index in [1.54, 1.807) is 24.3 Å². The highest BCUT2D eigenvalue weighted by Gasteiger charge is 2.24. The summed E-state index contributed by atoms with van der Waals surface area (Å²) in [6.45, 7) is 2.94. The van der Waals surface area contributed by atoms with Gasteiger partial charge in [-0.1, -0.05) is 0 Å². The lowest BCUT2D eigenvalue weighted by Crippen LogP contribution is -2.32. The van der Waals surface area contributed by atoms with Crippen molar-refractivity contribution >= 4 is 11.8 Å². The van der Waals surface area contributed by atoms with Crippen molar-refractivity contribution in [2.24, 2.45) is 0 Å². The van der Waals surface area contributed by atoms with Gasteiger partial charge in [-0.15, -0.1) is 0 Å². The number of carbonyl (C=O) groups excluding carboxylic acids is 2. The molecule has 2 aromatic rings. The summed E-state index contributed by atoms with van der Waals surface area (Å²) in [7, 11) is 0. The molecule has 0 amide bonds. The summed E-state index contributed by atoms with van der Waals surface area (Å²) in [6.07, 6.45) is -1.96. The molecule has 0 N–H and O–H groups in total. The number of halogens is 1. The van der Waals surface area contributed by atoms with Gasteiger partial charge in [0.05, 0.1) is 11.6 Å². The molecular formula is C19H16FNO4. The monoisotopic (exact) mass is 341 g/mol. The number of rotatable bonds is 6. The van der Waals surface area contributed by atoms with Gasteiger partial charge < -0.3 is 9.47 Å². The molecule has 0 aliphatic heterocycles. The number of hydrogen-bond donors (Lipinski definition) is 0. The first-order chi connectivity index (χ1) is 11.9. The van der Waals surface area contributed by atoms with E-state index in [2.05, 4.69) is 0 Å². The minimum Gasteiger partial charge on any atom is -0.479 e. The summed E-state index contributed by atoms with van der Waals surface area (Å²) < 4.78 is 23.4. The molecule has 2 atom stereocenters. The Kier molecular flexibility index (Phi) is 5.85. The molecule has 0 spiro atoms. The first-order valence-electron chi connectivity index (χ1n) is 7.58. The zero-order valence-corrected chi connectivity index (χ0v) is 13.7. The quantitative estimate of drug-likeness (QED) is 0.595. The van der Waals surface area contributed by atoms with Crippen LogP contribution < -0.4 is 4.74 Å². The molecule has 0 aromatic heterocycles. The van der Waals surface area contributed by atoms with E-state index in [0.29, 0.717) is 11.3 Å². The van der Waals surface area contributed by atoms with Crippen molar-refractivity contribution in [3.63, 3.8) is 0 Å². The summed E-state index contributed by atoms with van der Waals surface area (Å²) >= 11 is 0. The molecule has 0 saturated heterocycles. The summed E-state index contributed by atoms with van der Waals surface area (Å²) in [6, 6.07) is 13.2. The number of benzene rings is 2. The standard InChI is InChI=1S/C19H16FNO4/c1-12(18(22)15-5-7-16(20)8-6-15)25-19(23)13(2)24-17-9-3-14(11-21)4-10-17/h3-10,12-13H,1-2H3/t12-,13-/m1/s1. The lowest BCUT2D eigenvalue weighted by atomic mass is 10.1. The number of hydrogen-bond acceptors (Lipinski definition) is 5. The Bertz CT molecular complexity index is 794. The number of carbonyl (C=O) groups is 2. The summed E-state index contributed by atoms with van der Waals surface area (Å²) in [5, 5.41) is 8.74. The van der Waals surface area contributed by atoms with E-state index < -0.39 is 29.8 Å². The lowest BCUT2D eigenvalue weighted by molar-refractivity contribution is -0.153. The zero-order valence-electron chi connectivity index (χ0n) is 13.7. The molecule has 0 aliphatic rings. The Balaban J connectivity index is 1.94. The third-order valence-electron chi connectivity index (χ3n) is 3.42. The molecule has 0 radical (unpaired) electrons. The van der Waals surface area contributed by atoms with Crippen molar-refractivity contribution in [1.82, 2.24) is 0 Å².